The standard InChI is InChI=1S/C25H32BrN3OS/c1-3-5-15-29(16-6-4-2)17-9-14-27-25(30)20-18-22(23-12-13-24(26)31-23)28-21-11-8-7-10-19(20)21/h7-8,10-13,18H,3-6,9,14-17H2,1-2H3,(H,27,30). The number of para-hydroxylation sites is 1. The third-order valence-corrected chi connectivity index (χ3v) is 7.03. The fourth-order valence-corrected chi connectivity index (χ4v) is 4.99. The second-order valence-corrected chi connectivity index (χ2v) is 10.3. The minimum atomic E-state index is -0.0239. The first-order valence-electron chi connectivity index (χ1n) is 11.3. The first-order valence-corrected chi connectivity index (χ1v) is 12.9. The molecule has 0 aliphatic heterocycles. The van der Waals surface area contributed by atoms with E-state index in [9.17, 15) is 4.79 Å². The van der Waals surface area contributed by atoms with Gasteiger partial charge >= 0.3 is 0 Å². The largest absolute Gasteiger partial charge is 0.352 e. The molecule has 0 saturated carbocycles. The molecule has 0 saturated heterocycles. The molecule has 6 heteroatoms. The molecule has 2 heterocycles. The smallest absolute Gasteiger partial charge is 0.252 e. The molecule has 0 atom stereocenters. The number of rotatable bonds is 12. The minimum Gasteiger partial charge on any atom is -0.352 e. The van der Waals surface area contributed by atoms with Gasteiger partial charge in [-0.05, 0) is 79.1 Å². The van der Waals surface area contributed by atoms with Crippen LogP contribution in [0.15, 0.2) is 46.3 Å². The molecule has 0 bridgehead atoms. The van der Waals surface area contributed by atoms with Crippen LogP contribution in [-0.2, 0) is 0 Å². The predicted octanol–water partition coefficient (Wildman–Crippen LogP) is 6.75. The van der Waals surface area contributed by atoms with Crippen LogP contribution in [0.2, 0.25) is 0 Å². The Balaban J connectivity index is 1.67. The minimum absolute atomic E-state index is 0.0239. The number of hydrogen-bond donors (Lipinski definition) is 1. The average Bonchev–Trinajstić information content (AvgIpc) is 3.23. The Labute approximate surface area is 198 Å². The average molecular weight is 503 g/mol. The zero-order chi connectivity index (χ0) is 22.1. The molecule has 3 rings (SSSR count). The number of nitrogens with one attached hydrogen (secondary N) is 1. The van der Waals surface area contributed by atoms with Crippen LogP contribution < -0.4 is 5.32 Å². The molecule has 3 aromatic rings. The monoisotopic (exact) mass is 501 g/mol. The highest BCUT2D eigenvalue weighted by Gasteiger charge is 2.15. The number of pyridine rings is 1. The van der Waals surface area contributed by atoms with Crippen LogP contribution in [0.25, 0.3) is 21.5 Å². The molecule has 166 valence electrons. The Bertz CT molecular complexity index is 980. The Morgan fingerprint density at radius 1 is 1.03 bits per heavy atom. The molecule has 0 radical (unpaired) electrons. The zero-order valence-corrected chi connectivity index (χ0v) is 20.9. The van der Waals surface area contributed by atoms with Gasteiger partial charge in [0, 0.05) is 11.9 Å². The van der Waals surface area contributed by atoms with E-state index in [2.05, 4.69) is 40.0 Å². The first-order chi connectivity index (χ1) is 15.1. The number of amides is 1. The van der Waals surface area contributed by atoms with Gasteiger partial charge in [-0.25, -0.2) is 4.98 Å². The SMILES string of the molecule is CCCCN(CCCC)CCCNC(=O)c1cc(-c2ccc(Br)s2)nc2ccccc12. The van der Waals surface area contributed by atoms with Crippen molar-refractivity contribution in [1.29, 1.82) is 0 Å². The van der Waals surface area contributed by atoms with E-state index in [0.29, 0.717) is 12.1 Å². The third-order valence-electron chi connectivity index (χ3n) is 5.38. The fraction of sp³-hybridized carbons (Fsp3) is 0.440. The molecular weight excluding hydrogens is 470 g/mol. The lowest BCUT2D eigenvalue weighted by atomic mass is 10.1. The van der Waals surface area contributed by atoms with Gasteiger partial charge < -0.3 is 10.2 Å². The summed E-state index contributed by atoms with van der Waals surface area (Å²) in [4.78, 5) is 21.4. The molecule has 2 aromatic heterocycles. The number of aromatic nitrogens is 1. The highest BCUT2D eigenvalue weighted by Crippen LogP contribution is 2.32. The van der Waals surface area contributed by atoms with Crippen molar-refractivity contribution in [3.8, 4) is 10.6 Å². The number of nitrogens with zero attached hydrogens (tertiary/aromatic N) is 2. The number of thiophene rings is 1. The van der Waals surface area contributed by atoms with Gasteiger partial charge in [0.25, 0.3) is 5.91 Å². The van der Waals surface area contributed by atoms with Gasteiger partial charge in [-0.1, -0.05) is 44.9 Å². The molecule has 31 heavy (non-hydrogen) atoms. The molecule has 0 fully saturated rings. The van der Waals surface area contributed by atoms with E-state index in [4.69, 9.17) is 4.98 Å². The third kappa shape index (κ3) is 6.86. The summed E-state index contributed by atoms with van der Waals surface area (Å²) < 4.78 is 1.05. The number of carbonyl (C=O) groups excluding carboxylic acids is 1. The van der Waals surface area contributed by atoms with Crippen molar-refractivity contribution in [1.82, 2.24) is 15.2 Å². The maximum Gasteiger partial charge on any atom is 0.252 e. The van der Waals surface area contributed by atoms with Crippen LogP contribution >= 0.6 is 27.3 Å². The normalized spacial score (nSPS) is 11.4. The number of unbranched alkanes of at least 4 members (excludes halogenated alkanes) is 2. The van der Waals surface area contributed by atoms with Gasteiger partial charge in [0.05, 0.1) is 25.4 Å². The highest BCUT2D eigenvalue weighted by molar-refractivity contribution is 9.11. The quantitative estimate of drug-likeness (QED) is 0.279. The summed E-state index contributed by atoms with van der Waals surface area (Å²) in [6, 6.07) is 13.8. The highest BCUT2D eigenvalue weighted by atomic mass is 79.9. The molecule has 1 N–H and O–H groups in total. The van der Waals surface area contributed by atoms with Crippen molar-refractivity contribution in [3.63, 3.8) is 0 Å². The fourth-order valence-electron chi connectivity index (χ4n) is 3.64. The van der Waals surface area contributed by atoms with Crippen LogP contribution in [0.3, 0.4) is 0 Å². The second kappa shape index (κ2) is 12.3. The Kier molecular flexibility index (Phi) is 9.50. The van der Waals surface area contributed by atoms with E-state index >= 15 is 0 Å². The number of benzene rings is 1. The van der Waals surface area contributed by atoms with Crippen molar-refractivity contribution in [2.75, 3.05) is 26.2 Å². The van der Waals surface area contributed by atoms with Gasteiger partial charge in [0.15, 0.2) is 0 Å². The van der Waals surface area contributed by atoms with E-state index in [0.717, 1.165) is 51.3 Å². The molecule has 0 unspecified atom stereocenters. The summed E-state index contributed by atoms with van der Waals surface area (Å²) in [6.45, 7) is 8.50. The van der Waals surface area contributed by atoms with Crippen LogP contribution in [0.4, 0.5) is 0 Å². The molecule has 4 nitrogen and oxygen atoms in total. The van der Waals surface area contributed by atoms with E-state index in [-0.39, 0.29) is 5.91 Å². The summed E-state index contributed by atoms with van der Waals surface area (Å²) >= 11 is 5.14. The summed E-state index contributed by atoms with van der Waals surface area (Å²) in [5.74, 6) is -0.0239. The van der Waals surface area contributed by atoms with Crippen LogP contribution in [-0.4, -0.2) is 42.0 Å². The van der Waals surface area contributed by atoms with Gasteiger partial charge in [-0.2, -0.15) is 0 Å². The number of carbonyl (C=O) groups is 1. The summed E-state index contributed by atoms with van der Waals surface area (Å²) in [5.41, 5.74) is 2.38. The van der Waals surface area contributed by atoms with Crippen LogP contribution in [0.5, 0.6) is 0 Å². The molecule has 0 aliphatic carbocycles. The second-order valence-electron chi connectivity index (χ2n) is 7.83. The molecule has 1 amide bonds. The lowest BCUT2D eigenvalue weighted by Crippen LogP contribution is -2.31. The van der Waals surface area contributed by atoms with Crippen LogP contribution in [0, 0.1) is 0 Å². The first kappa shape index (κ1) is 23.9. The van der Waals surface area contributed by atoms with E-state index < -0.39 is 0 Å². The molecular formula is C25H32BrN3OS. The molecule has 1 aromatic carbocycles. The lowest BCUT2D eigenvalue weighted by Gasteiger charge is -2.22. The number of halogens is 1. The molecule has 0 spiro atoms. The van der Waals surface area contributed by atoms with Crippen molar-refractivity contribution in [2.24, 2.45) is 0 Å². The Morgan fingerprint density at radius 3 is 2.42 bits per heavy atom. The maximum atomic E-state index is 13.1. The topological polar surface area (TPSA) is 45.2 Å². The zero-order valence-electron chi connectivity index (χ0n) is 18.5. The molecule has 0 aliphatic rings. The van der Waals surface area contributed by atoms with Crippen LogP contribution in [0.1, 0.15) is 56.3 Å². The lowest BCUT2D eigenvalue weighted by molar-refractivity contribution is 0.0953. The number of fused-ring (bicyclic) bond motifs is 1. The predicted molar refractivity (Wildman–Crippen MR) is 136 cm³/mol. The van der Waals surface area contributed by atoms with Crippen molar-refractivity contribution < 1.29 is 4.79 Å². The van der Waals surface area contributed by atoms with Gasteiger partial charge in [0.2, 0.25) is 0 Å². The van der Waals surface area contributed by atoms with Gasteiger partial charge in [0.1, 0.15) is 0 Å². The summed E-state index contributed by atoms with van der Waals surface area (Å²) in [5, 5.41) is 4.04. The van der Waals surface area contributed by atoms with Gasteiger partial charge in [-0.3, -0.25) is 4.79 Å². The van der Waals surface area contributed by atoms with E-state index in [1.54, 1.807) is 11.3 Å². The number of hydrogen-bond acceptors (Lipinski definition) is 4. The summed E-state index contributed by atoms with van der Waals surface area (Å²) in [6.07, 6.45) is 5.88. The van der Waals surface area contributed by atoms with Crippen molar-refractivity contribution >= 4 is 44.1 Å². The Hall–Kier alpha value is -1.76. The summed E-state index contributed by atoms with van der Waals surface area (Å²) in [7, 11) is 0. The van der Waals surface area contributed by atoms with Crippen molar-refractivity contribution in [2.45, 2.75) is 46.0 Å². The van der Waals surface area contributed by atoms with E-state index in [1.807, 2.05) is 42.5 Å². The van der Waals surface area contributed by atoms with E-state index in [1.165, 1.54) is 25.7 Å². The van der Waals surface area contributed by atoms with Gasteiger partial charge in [-0.15, -0.1) is 11.3 Å². The maximum absolute atomic E-state index is 13.1. The van der Waals surface area contributed by atoms with Crippen molar-refractivity contribution in [3.05, 3.63) is 51.8 Å². The Morgan fingerprint density at radius 2 is 1.74 bits per heavy atom.